The van der Waals surface area contributed by atoms with Crippen LogP contribution >= 0.6 is 11.6 Å². The van der Waals surface area contributed by atoms with Gasteiger partial charge in [0.25, 0.3) is 5.91 Å². The maximum Gasteiger partial charge on any atom is 0.257 e. The van der Waals surface area contributed by atoms with E-state index in [-0.39, 0.29) is 17.2 Å². The number of rotatable bonds is 4. The number of amides is 2. The maximum absolute atomic E-state index is 13.4. The second kappa shape index (κ2) is 7.88. The van der Waals surface area contributed by atoms with Crippen molar-refractivity contribution in [1.82, 2.24) is 25.3 Å². The minimum Gasteiger partial charge on any atom is -0.342 e. The fourth-order valence-corrected chi connectivity index (χ4v) is 5.40. The fraction of sp³-hybridized carbons (Fsp3) is 0.318. The van der Waals surface area contributed by atoms with Crippen LogP contribution in [0.15, 0.2) is 30.3 Å². The molecular formula is C22H21ClN6O4S. The molecule has 1 aromatic carbocycles. The number of benzene rings is 1. The number of sulfone groups is 1. The van der Waals surface area contributed by atoms with Gasteiger partial charge in [0.2, 0.25) is 5.91 Å². The second-order valence-electron chi connectivity index (χ2n) is 8.75. The Balaban J connectivity index is 1.61. The lowest BCUT2D eigenvalue weighted by Crippen LogP contribution is -2.49. The highest BCUT2D eigenvalue weighted by Gasteiger charge is 2.46. The average molecular weight is 501 g/mol. The zero-order valence-corrected chi connectivity index (χ0v) is 20.0. The molecule has 1 aliphatic heterocycles. The van der Waals surface area contributed by atoms with E-state index in [1.165, 1.54) is 4.68 Å². The highest BCUT2D eigenvalue weighted by atomic mass is 35.5. The van der Waals surface area contributed by atoms with Crippen molar-refractivity contribution in [3.63, 3.8) is 0 Å². The largest absolute Gasteiger partial charge is 0.342 e. The number of anilines is 1. The summed E-state index contributed by atoms with van der Waals surface area (Å²) in [7, 11) is -3.58. The molecule has 34 heavy (non-hydrogen) atoms. The van der Waals surface area contributed by atoms with Crippen molar-refractivity contribution in [2.45, 2.75) is 31.7 Å². The Morgan fingerprint density at radius 1 is 1.26 bits per heavy atom. The van der Waals surface area contributed by atoms with Gasteiger partial charge in [0.05, 0.1) is 16.9 Å². The predicted octanol–water partition coefficient (Wildman–Crippen LogP) is 1.73. The Labute approximate surface area is 200 Å². The standard InChI is InChI=1S/C22H21ClN6O4S/c1-12-3-6-17(27-26-12)29-20(24-18(30)11-34(2,32)33)19-16(28-29)10-22(25-21(19)31)8-7-13-9-14(23)4-5-15(13)22/h3-6,9H,7-8,10-11H2,1-2H3,(H,24,30)(H,25,31)/t22-/m0/s1. The highest BCUT2D eigenvalue weighted by Crippen LogP contribution is 2.44. The Morgan fingerprint density at radius 3 is 2.76 bits per heavy atom. The number of aryl methyl sites for hydroxylation is 2. The van der Waals surface area contributed by atoms with E-state index in [4.69, 9.17) is 11.6 Å². The number of hydrogen-bond acceptors (Lipinski definition) is 7. The first-order chi connectivity index (χ1) is 16.0. The van der Waals surface area contributed by atoms with Crippen molar-refractivity contribution in [3.05, 3.63) is 63.4 Å². The fourth-order valence-electron chi connectivity index (χ4n) is 4.66. The Bertz CT molecular complexity index is 1450. The molecule has 0 saturated carbocycles. The summed E-state index contributed by atoms with van der Waals surface area (Å²) in [6.07, 6.45) is 2.80. The van der Waals surface area contributed by atoms with Crippen molar-refractivity contribution < 1.29 is 18.0 Å². The van der Waals surface area contributed by atoms with Gasteiger partial charge < -0.3 is 10.6 Å². The van der Waals surface area contributed by atoms with Gasteiger partial charge >= 0.3 is 0 Å². The van der Waals surface area contributed by atoms with Gasteiger partial charge in [0.1, 0.15) is 11.3 Å². The van der Waals surface area contributed by atoms with E-state index in [0.717, 1.165) is 23.8 Å². The van der Waals surface area contributed by atoms with Gasteiger partial charge in [-0.3, -0.25) is 9.59 Å². The summed E-state index contributed by atoms with van der Waals surface area (Å²) in [5.41, 5.74) is 2.75. The van der Waals surface area contributed by atoms with E-state index in [0.29, 0.717) is 29.3 Å². The third kappa shape index (κ3) is 3.94. The quantitative estimate of drug-likeness (QED) is 0.556. The molecule has 2 amide bonds. The number of halogens is 1. The van der Waals surface area contributed by atoms with Crippen LogP contribution in [0.1, 0.15) is 39.3 Å². The minimum absolute atomic E-state index is 0.0588. The molecule has 0 saturated heterocycles. The van der Waals surface area contributed by atoms with E-state index in [1.54, 1.807) is 25.1 Å². The first-order valence-electron chi connectivity index (χ1n) is 10.6. The SMILES string of the molecule is Cc1ccc(-n2nc3c(c2NC(=O)CS(C)(=O)=O)C(=O)N[C@@]2(CCc4cc(Cl)ccc42)C3)nn1. The van der Waals surface area contributed by atoms with Crippen LogP contribution < -0.4 is 10.6 Å². The molecule has 3 heterocycles. The van der Waals surface area contributed by atoms with Gasteiger partial charge in [-0.25, -0.2) is 8.42 Å². The molecule has 0 unspecified atom stereocenters. The number of aromatic nitrogens is 4. The lowest BCUT2D eigenvalue weighted by Gasteiger charge is -2.35. The monoisotopic (exact) mass is 500 g/mol. The van der Waals surface area contributed by atoms with Crippen LogP contribution in [0.3, 0.4) is 0 Å². The molecule has 176 valence electrons. The molecule has 2 aliphatic rings. The van der Waals surface area contributed by atoms with Crippen molar-refractivity contribution in [3.8, 4) is 5.82 Å². The minimum atomic E-state index is -3.58. The smallest absolute Gasteiger partial charge is 0.257 e. The summed E-state index contributed by atoms with van der Waals surface area (Å²) in [5.74, 6) is -1.57. The van der Waals surface area contributed by atoms with Gasteiger partial charge in [0.15, 0.2) is 21.5 Å². The highest BCUT2D eigenvalue weighted by molar-refractivity contribution is 7.91. The van der Waals surface area contributed by atoms with E-state index >= 15 is 0 Å². The van der Waals surface area contributed by atoms with Gasteiger partial charge in [-0.05, 0) is 55.2 Å². The van der Waals surface area contributed by atoms with Crippen LogP contribution in [0.4, 0.5) is 5.82 Å². The second-order valence-corrected chi connectivity index (χ2v) is 11.3. The molecule has 5 rings (SSSR count). The molecule has 1 atom stereocenters. The number of carbonyl (C=O) groups is 2. The number of hydrogen-bond donors (Lipinski definition) is 2. The average Bonchev–Trinajstić information content (AvgIpc) is 3.26. The molecule has 1 aliphatic carbocycles. The van der Waals surface area contributed by atoms with Crippen LogP contribution in [-0.2, 0) is 33.0 Å². The van der Waals surface area contributed by atoms with Crippen LogP contribution in [0.5, 0.6) is 0 Å². The molecule has 0 bridgehead atoms. The zero-order valence-electron chi connectivity index (χ0n) is 18.4. The molecular weight excluding hydrogens is 480 g/mol. The molecule has 2 N–H and O–H groups in total. The van der Waals surface area contributed by atoms with Crippen molar-refractivity contribution in [2.75, 3.05) is 17.3 Å². The van der Waals surface area contributed by atoms with Crippen LogP contribution in [0.2, 0.25) is 5.02 Å². The topological polar surface area (TPSA) is 136 Å². The van der Waals surface area contributed by atoms with Crippen molar-refractivity contribution >= 4 is 39.1 Å². The summed E-state index contributed by atoms with van der Waals surface area (Å²) in [6.45, 7) is 1.78. The zero-order chi connectivity index (χ0) is 24.3. The predicted molar refractivity (Wildman–Crippen MR) is 125 cm³/mol. The van der Waals surface area contributed by atoms with Crippen LogP contribution in [0, 0.1) is 6.92 Å². The summed E-state index contributed by atoms with van der Waals surface area (Å²) < 4.78 is 24.6. The van der Waals surface area contributed by atoms with Gasteiger partial charge in [-0.15, -0.1) is 5.10 Å². The number of nitrogens with one attached hydrogen (secondary N) is 2. The molecule has 12 heteroatoms. The normalized spacial score (nSPS) is 19.0. The Kier molecular flexibility index (Phi) is 5.21. The number of carbonyl (C=O) groups excluding carboxylic acids is 2. The summed E-state index contributed by atoms with van der Waals surface area (Å²) in [6, 6.07) is 9.02. The molecule has 0 fully saturated rings. The van der Waals surface area contributed by atoms with Crippen molar-refractivity contribution in [1.29, 1.82) is 0 Å². The van der Waals surface area contributed by atoms with Gasteiger partial charge in [0, 0.05) is 17.7 Å². The summed E-state index contributed by atoms with van der Waals surface area (Å²) in [5, 5.41) is 19.1. The number of fused-ring (bicyclic) bond motifs is 3. The Morgan fingerprint density at radius 2 is 2.06 bits per heavy atom. The van der Waals surface area contributed by atoms with Crippen molar-refractivity contribution in [2.24, 2.45) is 0 Å². The first kappa shape index (κ1) is 22.5. The van der Waals surface area contributed by atoms with E-state index in [2.05, 4.69) is 25.9 Å². The summed E-state index contributed by atoms with van der Waals surface area (Å²) >= 11 is 6.16. The van der Waals surface area contributed by atoms with Crippen LogP contribution in [-0.4, -0.2) is 52.2 Å². The molecule has 3 aromatic rings. The van der Waals surface area contributed by atoms with E-state index < -0.39 is 32.9 Å². The summed E-state index contributed by atoms with van der Waals surface area (Å²) in [4.78, 5) is 25.9. The first-order valence-corrected chi connectivity index (χ1v) is 13.0. The lowest BCUT2D eigenvalue weighted by atomic mass is 9.83. The molecule has 10 nitrogen and oxygen atoms in total. The maximum atomic E-state index is 13.4. The lowest BCUT2D eigenvalue weighted by molar-refractivity contribution is -0.113. The third-order valence-electron chi connectivity index (χ3n) is 6.06. The molecule has 0 radical (unpaired) electrons. The van der Waals surface area contributed by atoms with E-state index in [1.807, 2.05) is 12.1 Å². The van der Waals surface area contributed by atoms with Gasteiger partial charge in [-0.2, -0.15) is 14.9 Å². The van der Waals surface area contributed by atoms with E-state index in [9.17, 15) is 18.0 Å². The molecule has 2 aromatic heterocycles. The number of nitrogens with zero attached hydrogens (tertiary/aromatic N) is 4. The molecule has 1 spiro atoms. The van der Waals surface area contributed by atoms with Gasteiger partial charge in [-0.1, -0.05) is 17.7 Å². The Hall–Kier alpha value is -3.31. The van der Waals surface area contributed by atoms with Crippen LogP contribution in [0.25, 0.3) is 5.82 Å². The third-order valence-corrected chi connectivity index (χ3v) is 7.08.